The number of ether oxygens (including phenoxy) is 2. The summed E-state index contributed by atoms with van der Waals surface area (Å²) in [6.07, 6.45) is 0.428. The maximum Gasteiger partial charge on any atom is 0.407 e. The second-order valence-electron chi connectivity index (χ2n) is 7.51. The maximum atomic E-state index is 12.1. The second-order valence-corrected chi connectivity index (χ2v) is 7.51. The minimum Gasteiger partial charge on any atom is -0.476 e. The number of hydrogen-bond acceptors (Lipinski definition) is 7. The number of carbonyl (C=O) groups excluding carboxylic acids is 2. The van der Waals surface area contributed by atoms with E-state index < -0.39 is 18.0 Å². The van der Waals surface area contributed by atoms with E-state index in [2.05, 4.69) is 27.8 Å². The van der Waals surface area contributed by atoms with Crippen molar-refractivity contribution in [3.63, 3.8) is 0 Å². The number of amides is 2. The van der Waals surface area contributed by atoms with Gasteiger partial charge in [-0.3, -0.25) is 4.79 Å². The van der Waals surface area contributed by atoms with Crippen molar-refractivity contribution in [1.29, 1.82) is 0 Å². The van der Waals surface area contributed by atoms with Gasteiger partial charge in [-0.25, -0.2) is 14.6 Å². The zero-order valence-corrected chi connectivity index (χ0v) is 18.2. The molecule has 0 radical (unpaired) electrons. The summed E-state index contributed by atoms with van der Waals surface area (Å²) < 4.78 is 15.6. The Labute approximate surface area is 194 Å². The van der Waals surface area contributed by atoms with Gasteiger partial charge in [0.2, 0.25) is 5.91 Å². The van der Waals surface area contributed by atoms with Crippen molar-refractivity contribution >= 4 is 18.0 Å². The van der Waals surface area contributed by atoms with Crippen LogP contribution in [0.4, 0.5) is 4.79 Å². The van der Waals surface area contributed by atoms with Gasteiger partial charge < -0.3 is 29.6 Å². The summed E-state index contributed by atoms with van der Waals surface area (Å²) in [5.74, 6) is -1.69. The van der Waals surface area contributed by atoms with Crippen molar-refractivity contribution in [2.45, 2.75) is 12.5 Å². The van der Waals surface area contributed by atoms with Crippen molar-refractivity contribution in [3.8, 4) is 11.1 Å². The molecule has 1 aliphatic carbocycles. The van der Waals surface area contributed by atoms with Gasteiger partial charge in [0.25, 0.3) is 0 Å². The molecule has 0 saturated heterocycles. The van der Waals surface area contributed by atoms with E-state index in [0.717, 1.165) is 28.6 Å². The van der Waals surface area contributed by atoms with Crippen LogP contribution in [0, 0.1) is 0 Å². The lowest BCUT2D eigenvalue weighted by Gasteiger charge is -2.14. The largest absolute Gasteiger partial charge is 0.476 e. The summed E-state index contributed by atoms with van der Waals surface area (Å²) in [6.45, 7) is 0.0867. The Bertz CT molecular complexity index is 1150. The highest BCUT2D eigenvalue weighted by Crippen LogP contribution is 2.44. The predicted molar refractivity (Wildman–Crippen MR) is 119 cm³/mol. The lowest BCUT2D eigenvalue weighted by Crippen LogP contribution is -2.31. The van der Waals surface area contributed by atoms with Gasteiger partial charge >= 0.3 is 12.1 Å². The summed E-state index contributed by atoms with van der Waals surface area (Å²) in [4.78, 5) is 38.4. The van der Waals surface area contributed by atoms with Crippen molar-refractivity contribution in [3.05, 3.63) is 77.5 Å². The molecule has 0 bridgehead atoms. The molecule has 34 heavy (non-hydrogen) atoms. The third-order valence-electron chi connectivity index (χ3n) is 5.38. The number of aromatic nitrogens is 1. The molecule has 0 atom stereocenters. The van der Waals surface area contributed by atoms with Crippen LogP contribution in [-0.4, -0.2) is 54.4 Å². The van der Waals surface area contributed by atoms with E-state index >= 15 is 0 Å². The monoisotopic (exact) mass is 465 g/mol. The van der Waals surface area contributed by atoms with Crippen LogP contribution in [0.15, 0.2) is 59.3 Å². The van der Waals surface area contributed by atoms with Crippen molar-refractivity contribution in [1.82, 2.24) is 15.6 Å². The highest BCUT2D eigenvalue weighted by atomic mass is 16.5. The average molecular weight is 465 g/mol. The first-order valence-electron chi connectivity index (χ1n) is 10.6. The number of fused-ring (bicyclic) bond motifs is 3. The summed E-state index contributed by atoms with van der Waals surface area (Å²) >= 11 is 0. The first-order chi connectivity index (χ1) is 16.5. The third kappa shape index (κ3) is 5.24. The molecule has 10 heteroatoms. The normalized spacial score (nSPS) is 12.0. The molecule has 176 valence electrons. The molecule has 2 aromatic carbocycles. The minimum absolute atomic E-state index is 0.0240. The Morgan fingerprint density at radius 1 is 1.00 bits per heavy atom. The van der Waals surface area contributed by atoms with Crippen molar-refractivity contribution in [2.24, 2.45) is 0 Å². The average Bonchev–Trinajstić information content (AvgIpc) is 3.44. The number of carbonyl (C=O) groups is 3. The number of oxazole rings is 1. The quantitative estimate of drug-likeness (QED) is 0.388. The number of benzene rings is 2. The standard InChI is InChI=1S/C24H23N3O7/c28-21(26-11-20-22(23(29)30)27-14-34-20)13-32-10-9-25-24(31)33-12-19-17-7-3-1-5-15(17)16-6-2-4-8-18(16)19/h1-8,14,19H,9-13H2,(H,25,31)(H,26,28)(H,29,30). The van der Waals surface area contributed by atoms with E-state index in [9.17, 15) is 14.4 Å². The van der Waals surface area contributed by atoms with E-state index in [1.54, 1.807) is 0 Å². The number of aromatic carboxylic acids is 1. The zero-order chi connectivity index (χ0) is 23.9. The van der Waals surface area contributed by atoms with E-state index in [1.165, 1.54) is 0 Å². The number of hydrogen-bond donors (Lipinski definition) is 3. The first-order valence-corrected chi connectivity index (χ1v) is 10.6. The fraction of sp³-hybridized carbons (Fsp3) is 0.250. The van der Waals surface area contributed by atoms with Crippen LogP contribution in [0.25, 0.3) is 11.1 Å². The summed E-state index contributed by atoms with van der Waals surface area (Å²) in [7, 11) is 0. The van der Waals surface area contributed by atoms with Crippen LogP contribution in [0.5, 0.6) is 0 Å². The number of nitrogens with one attached hydrogen (secondary N) is 2. The van der Waals surface area contributed by atoms with Gasteiger partial charge in [-0.05, 0) is 22.3 Å². The zero-order valence-electron chi connectivity index (χ0n) is 18.2. The number of alkyl carbamates (subject to hydrolysis) is 1. The van der Waals surface area contributed by atoms with Gasteiger partial charge in [-0.15, -0.1) is 0 Å². The van der Waals surface area contributed by atoms with Gasteiger partial charge in [-0.1, -0.05) is 48.5 Å². The topological polar surface area (TPSA) is 140 Å². The summed E-state index contributed by atoms with van der Waals surface area (Å²) in [5.41, 5.74) is 4.31. The maximum absolute atomic E-state index is 12.1. The van der Waals surface area contributed by atoms with Crippen LogP contribution in [0.3, 0.4) is 0 Å². The second kappa shape index (κ2) is 10.6. The summed E-state index contributed by atoms with van der Waals surface area (Å²) in [6, 6.07) is 16.2. The molecule has 2 amide bonds. The third-order valence-corrected chi connectivity index (χ3v) is 5.38. The van der Waals surface area contributed by atoms with E-state index in [-0.39, 0.29) is 50.3 Å². The van der Waals surface area contributed by atoms with E-state index in [1.807, 2.05) is 36.4 Å². The molecule has 4 rings (SSSR count). The molecule has 3 aromatic rings. The van der Waals surface area contributed by atoms with Gasteiger partial charge in [0, 0.05) is 12.5 Å². The van der Waals surface area contributed by atoms with Crippen LogP contribution in [0.1, 0.15) is 33.3 Å². The van der Waals surface area contributed by atoms with Crippen LogP contribution >= 0.6 is 0 Å². The number of carboxylic acids is 1. The van der Waals surface area contributed by atoms with E-state index in [0.29, 0.717) is 0 Å². The molecule has 1 aliphatic rings. The van der Waals surface area contributed by atoms with Gasteiger partial charge in [0.1, 0.15) is 13.2 Å². The van der Waals surface area contributed by atoms with Crippen LogP contribution < -0.4 is 10.6 Å². The minimum atomic E-state index is -1.24. The fourth-order valence-electron chi connectivity index (χ4n) is 3.84. The number of nitrogens with zero attached hydrogens (tertiary/aromatic N) is 1. The Balaban J connectivity index is 1.14. The fourth-order valence-corrected chi connectivity index (χ4v) is 3.84. The molecule has 0 saturated carbocycles. The SMILES string of the molecule is O=C(COCCNC(=O)OCC1c2ccccc2-c2ccccc21)NCc1ocnc1C(=O)O. The molecule has 0 spiro atoms. The van der Waals surface area contributed by atoms with Gasteiger partial charge in [0.15, 0.2) is 17.8 Å². The molecule has 3 N–H and O–H groups in total. The molecular weight excluding hydrogens is 442 g/mol. The number of rotatable bonds is 10. The Morgan fingerprint density at radius 2 is 1.68 bits per heavy atom. The van der Waals surface area contributed by atoms with E-state index in [4.69, 9.17) is 19.0 Å². The summed E-state index contributed by atoms with van der Waals surface area (Å²) in [5, 5.41) is 14.0. The Hall–Kier alpha value is -4.18. The molecule has 0 aliphatic heterocycles. The van der Waals surface area contributed by atoms with Gasteiger partial charge in [-0.2, -0.15) is 0 Å². The van der Waals surface area contributed by atoms with Crippen molar-refractivity contribution in [2.75, 3.05) is 26.4 Å². The molecule has 0 unspecified atom stereocenters. The predicted octanol–water partition coefficient (Wildman–Crippen LogP) is 2.54. The Morgan fingerprint density at radius 3 is 2.35 bits per heavy atom. The molecule has 10 nitrogen and oxygen atoms in total. The number of carboxylic acid groups (broad SMARTS) is 1. The molecule has 1 heterocycles. The molecule has 1 aromatic heterocycles. The lowest BCUT2D eigenvalue weighted by molar-refractivity contribution is -0.125. The molecular formula is C24H23N3O7. The highest BCUT2D eigenvalue weighted by molar-refractivity contribution is 5.86. The first kappa shape index (κ1) is 23.0. The van der Waals surface area contributed by atoms with Crippen LogP contribution in [-0.2, 0) is 20.8 Å². The smallest absolute Gasteiger partial charge is 0.407 e. The van der Waals surface area contributed by atoms with Crippen LogP contribution in [0.2, 0.25) is 0 Å². The Kier molecular flexibility index (Phi) is 7.19. The highest BCUT2D eigenvalue weighted by Gasteiger charge is 2.28. The van der Waals surface area contributed by atoms with Crippen molar-refractivity contribution < 1.29 is 33.4 Å². The van der Waals surface area contributed by atoms with Gasteiger partial charge in [0.05, 0.1) is 13.2 Å². The lowest BCUT2D eigenvalue weighted by atomic mass is 9.98. The molecule has 0 fully saturated rings.